The number of nitro benzene ring substituents is 1. The Morgan fingerprint density at radius 1 is 1.10 bits per heavy atom. The third-order valence-electron chi connectivity index (χ3n) is 4.08. The van der Waals surface area contributed by atoms with Gasteiger partial charge in [-0.25, -0.2) is 13.1 Å². The summed E-state index contributed by atoms with van der Waals surface area (Å²) >= 11 is 0. The van der Waals surface area contributed by atoms with Gasteiger partial charge in [0.15, 0.2) is 10.7 Å². The van der Waals surface area contributed by atoms with E-state index >= 15 is 0 Å². The minimum absolute atomic E-state index is 0.0692. The van der Waals surface area contributed by atoms with E-state index in [4.69, 9.17) is 4.42 Å². The van der Waals surface area contributed by atoms with Crippen molar-refractivity contribution in [3.05, 3.63) is 87.9 Å². The van der Waals surface area contributed by atoms with Gasteiger partial charge in [-0.15, -0.1) is 0 Å². The van der Waals surface area contributed by atoms with Crippen molar-refractivity contribution in [2.24, 2.45) is 0 Å². The molecule has 1 aromatic heterocycles. The fourth-order valence-electron chi connectivity index (χ4n) is 2.69. The maximum atomic E-state index is 12.6. The van der Waals surface area contributed by atoms with Crippen LogP contribution in [0.4, 0.5) is 11.4 Å². The third-order valence-corrected chi connectivity index (χ3v) is 5.67. The molecular formula is C19H17N3O6S. The lowest BCUT2D eigenvalue weighted by atomic mass is 10.2. The maximum absolute atomic E-state index is 12.6. The first kappa shape index (κ1) is 20.2. The highest BCUT2D eigenvalue weighted by Gasteiger charge is 2.27. The van der Waals surface area contributed by atoms with Crippen molar-refractivity contribution in [2.45, 2.75) is 18.4 Å². The zero-order chi connectivity index (χ0) is 21.0. The molecule has 0 aliphatic heterocycles. The molecule has 3 rings (SSSR count). The van der Waals surface area contributed by atoms with Crippen molar-refractivity contribution in [1.29, 1.82) is 0 Å². The number of carbonyl (C=O) groups is 1. The number of nitrogens with one attached hydrogen (secondary N) is 2. The molecule has 10 heteroatoms. The average molecular weight is 415 g/mol. The van der Waals surface area contributed by atoms with E-state index in [0.717, 1.165) is 6.07 Å². The molecule has 29 heavy (non-hydrogen) atoms. The number of hydrogen-bond donors (Lipinski definition) is 2. The Morgan fingerprint density at radius 3 is 2.45 bits per heavy atom. The first-order chi connectivity index (χ1) is 13.8. The van der Waals surface area contributed by atoms with Crippen molar-refractivity contribution in [1.82, 2.24) is 4.72 Å². The van der Waals surface area contributed by atoms with E-state index in [1.807, 2.05) is 0 Å². The summed E-state index contributed by atoms with van der Waals surface area (Å²) in [4.78, 5) is 22.0. The van der Waals surface area contributed by atoms with E-state index in [-0.39, 0.29) is 22.8 Å². The molecule has 0 aliphatic rings. The van der Waals surface area contributed by atoms with Crippen LogP contribution in [-0.2, 0) is 16.6 Å². The number of nitro groups is 1. The van der Waals surface area contributed by atoms with Crippen molar-refractivity contribution in [3.63, 3.8) is 0 Å². The smallest absolute Gasteiger partial charge is 0.291 e. The summed E-state index contributed by atoms with van der Waals surface area (Å²) in [6.45, 7) is 1.43. The monoisotopic (exact) mass is 415 g/mol. The first-order valence-electron chi connectivity index (χ1n) is 8.45. The minimum Gasteiger partial charge on any atom is -0.459 e. The average Bonchev–Trinajstić information content (AvgIpc) is 3.22. The second-order valence-electron chi connectivity index (χ2n) is 6.13. The van der Waals surface area contributed by atoms with Gasteiger partial charge in [-0.3, -0.25) is 14.9 Å². The van der Waals surface area contributed by atoms with Crippen LogP contribution in [0.2, 0.25) is 0 Å². The third kappa shape index (κ3) is 4.68. The number of furan rings is 1. The van der Waals surface area contributed by atoms with E-state index in [2.05, 4.69) is 10.0 Å². The molecule has 0 atom stereocenters. The molecule has 0 bridgehead atoms. The number of benzene rings is 2. The summed E-state index contributed by atoms with van der Waals surface area (Å²) in [5.74, 6) is -0.239. The largest absolute Gasteiger partial charge is 0.459 e. The van der Waals surface area contributed by atoms with Crippen molar-refractivity contribution < 1.29 is 22.6 Å². The molecule has 0 unspecified atom stereocenters. The molecule has 150 valence electrons. The molecule has 0 radical (unpaired) electrons. The highest BCUT2D eigenvalue weighted by atomic mass is 32.2. The number of aryl methyl sites for hydroxylation is 1. The summed E-state index contributed by atoms with van der Waals surface area (Å²) in [5.41, 5.74) is 0.921. The minimum atomic E-state index is -4.10. The normalized spacial score (nSPS) is 11.2. The molecule has 2 N–H and O–H groups in total. The van der Waals surface area contributed by atoms with Gasteiger partial charge in [0.2, 0.25) is 10.0 Å². The fraction of sp³-hybridized carbons (Fsp3) is 0.105. The van der Waals surface area contributed by atoms with Gasteiger partial charge < -0.3 is 9.73 Å². The summed E-state index contributed by atoms with van der Waals surface area (Å²) < 4.78 is 32.6. The Labute approximate surface area is 166 Å². The van der Waals surface area contributed by atoms with Gasteiger partial charge in [0.25, 0.3) is 11.6 Å². The number of hydrogen-bond acceptors (Lipinski definition) is 6. The van der Waals surface area contributed by atoms with Crippen LogP contribution in [0.15, 0.2) is 70.2 Å². The maximum Gasteiger partial charge on any atom is 0.291 e. The van der Waals surface area contributed by atoms with Gasteiger partial charge in [-0.2, -0.15) is 0 Å². The lowest BCUT2D eigenvalue weighted by Crippen LogP contribution is -2.25. The Morgan fingerprint density at radius 2 is 1.83 bits per heavy atom. The molecular weight excluding hydrogens is 398 g/mol. The summed E-state index contributed by atoms with van der Waals surface area (Å²) in [6.07, 6.45) is 1.39. The van der Waals surface area contributed by atoms with Gasteiger partial charge in [0.1, 0.15) is 0 Å². The number of rotatable bonds is 7. The predicted molar refractivity (Wildman–Crippen MR) is 105 cm³/mol. The molecule has 0 aliphatic carbocycles. The predicted octanol–water partition coefficient (Wildman–Crippen LogP) is 3.23. The van der Waals surface area contributed by atoms with Crippen LogP contribution < -0.4 is 10.0 Å². The molecule has 1 heterocycles. The Hall–Kier alpha value is -3.50. The van der Waals surface area contributed by atoms with Gasteiger partial charge >= 0.3 is 0 Å². The molecule has 1 amide bonds. The van der Waals surface area contributed by atoms with E-state index in [1.165, 1.54) is 31.4 Å². The quantitative estimate of drug-likeness (QED) is 0.450. The van der Waals surface area contributed by atoms with Crippen molar-refractivity contribution in [2.75, 3.05) is 5.32 Å². The molecule has 9 nitrogen and oxygen atoms in total. The lowest BCUT2D eigenvalue weighted by molar-refractivity contribution is -0.387. The summed E-state index contributed by atoms with van der Waals surface area (Å²) in [7, 11) is -4.10. The van der Waals surface area contributed by atoms with Crippen LogP contribution in [0, 0.1) is 17.0 Å². The van der Waals surface area contributed by atoms with Crippen LogP contribution in [0.5, 0.6) is 0 Å². The van der Waals surface area contributed by atoms with E-state index in [1.54, 1.807) is 30.3 Å². The van der Waals surface area contributed by atoms with Crippen LogP contribution in [-0.4, -0.2) is 19.2 Å². The number of nitrogens with zero attached hydrogens (tertiary/aromatic N) is 1. The Balaban J connectivity index is 1.70. The topological polar surface area (TPSA) is 132 Å². The van der Waals surface area contributed by atoms with Crippen LogP contribution in [0.3, 0.4) is 0 Å². The SMILES string of the molecule is Cc1cccc([N+](=O)[O-])c1S(=O)(=O)NCc1ccc(NC(=O)c2ccco2)cc1. The van der Waals surface area contributed by atoms with Crippen molar-refractivity contribution in [3.8, 4) is 0 Å². The van der Waals surface area contributed by atoms with Gasteiger partial charge in [-0.05, 0) is 42.3 Å². The summed E-state index contributed by atoms with van der Waals surface area (Å²) in [6, 6.07) is 13.7. The zero-order valence-corrected chi connectivity index (χ0v) is 16.1. The first-order valence-corrected chi connectivity index (χ1v) is 9.94. The standard InChI is InChI=1S/C19H17N3O6S/c1-13-4-2-5-16(22(24)25)18(13)29(26,27)20-12-14-7-9-15(10-8-14)21-19(23)17-6-3-11-28-17/h2-11,20H,12H2,1H3,(H,21,23). The molecule has 2 aromatic carbocycles. The Bertz CT molecular complexity index is 1140. The lowest BCUT2D eigenvalue weighted by Gasteiger charge is -2.10. The highest BCUT2D eigenvalue weighted by molar-refractivity contribution is 7.89. The fourth-order valence-corrected chi connectivity index (χ4v) is 4.10. The van der Waals surface area contributed by atoms with Crippen molar-refractivity contribution >= 4 is 27.3 Å². The van der Waals surface area contributed by atoms with Gasteiger partial charge in [-0.1, -0.05) is 24.3 Å². The van der Waals surface area contributed by atoms with Crippen LogP contribution >= 0.6 is 0 Å². The second kappa shape index (κ2) is 8.25. The second-order valence-corrected chi connectivity index (χ2v) is 7.84. The van der Waals surface area contributed by atoms with E-state index < -0.39 is 26.5 Å². The number of sulfonamides is 1. The van der Waals surface area contributed by atoms with E-state index in [0.29, 0.717) is 11.3 Å². The molecule has 0 saturated heterocycles. The molecule has 0 fully saturated rings. The zero-order valence-electron chi connectivity index (χ0n) is 15.3. The van der Waals surface area contributed by atoms with Gasteiger partial charge in [0.05, 0.1) is 11.2 Å². The molecule has 0 saturated carbocycles. The molecule has 0 spiro atoms. The molecule has 3 aromatic rings. The number of carbonyl (C=O) groups excluding carboxylic acids is 1. The highest BCUT2D eigenvalue weighted by Crippen LogP contribution is 2.27. The van der Waals surface area contributed by atoms with E-state index in [9.17, 15) is 23.3 Å². The van der Waals surface area contributed by atoms with Gasteiger partial charge in [0, 0.05) is 18.3 Å². The number of anilines is 1. The number of amides is 1. The Kier molecular flexibility index (Phi) is 5.76. The summed E-state index contributed by atoms with van der Waals surface area (Å²) in [5, 5.41) is 13.8. The van der Waals surface area contributed by atoms with Crippen LogP contribution in [0.25, 0.3) is 0 Å². The van der Waals surface area contributed by atoms with Crippen LogP contribution in [0.1, 0.15) is 21.7 Å².